The van der Waals surface area contributed by atoms with Crippen molar-refractivity contribution in [2.75, 3.05) is 18.6 Å². The highest BCUT2D eigenvalue weighted by Gasteiger charge is 2.13. The lowest BCUT2D eigenvalue weighted by atomic mass is 9.99. The molecule has 1 aromatic carbocycles. The van der Waals surface area contributed by atoms with E-state index in [9.17, 15) is 0 Å². The van der Waals surface area contributed by atoms with Gasteiger partial charge >= 0.3 is 0 Å². The third kappa shape index (κ3) is 2.90. The third-order valence-electron chi connectivity index (χ3n) is 3.54. The summed E-state index contributed by atoms with van der Waals surface area (Å²) in [7, 11) is 0. The molecule has 1 atom stereocenters. The second-order valence-corrected chi connectivity index (χ2v) is 5.79. The Kier molecular flexibility index (Phi) is 4.72. The van der Waals surface area contributed by atoms with Crippen LogP contribution in [0.1, 0.15) is 17.7 Å². The number of benzene rings is 1. The molecule has 2 rings (SSSR count). The summed E-state index contributed by atoms with van der Waals surface area (Å²) >= 11 is 1.91. The van der Waals surface area contributed by atoms with Gasteiger partial charge in [-0.15, -0.1) is 0 Å². The van der Waals surface area contributed by atoms with E-state index in [0.717, 1.165) is 19.4 Å². The summed E-state index contributed by atoms with van der Waals surface area (Å²) in [5.74, 6) is 1.86. The van der Waals surface area contributed by atoms with Gasteiger partial charge in [-0.25, -0.2) is 0 Å². The third-order valence-corrected chi connectivity index (χ3v) is 4.34. The van der Waals surface area contributed by atoms with E-state index in [1.807, 2.05) is 11.8 Å². The first kappa shape index (κ1) is 13.5. The smallest absolute Gasteiger partial charge is 0.0458 e. The van der Waals surface area contributed by atoms with E-state index < -0.39 is 0 Å². The first-order chi connectivity index (χ1) is 8.76. The second kappa shape index (κ2) is 6.30. The predicted octanol–water partition coefficient (Wildman–Crippen LogP) is 3.35. The number of H-pyrrole nitrogens is 1. The van der Waals surface area contributed by atoms with Gasteiger partial charge in [-0.05, 0) is 55.9 Å². The van der Waals surface area contributed by atoms with Gasteiger partial charge in [-0.2, -0.15) is 11.8 Å². The fourth-order valence-electron chi connectivity index (χ4n) is 2.55. The minimum Gasteiger partial charge on any atom is -0.358 e. The quantitative estimate of drug-likeness (QED) is 0.838. The minimum absolute atomic E-state index is 0.678. The largest absolute Gasteiger partial charge is 0.358 e. The number of rotatable bonds is 6. The van der Waals surface area contributed by atoms with Gasteiger partial charge in [0.15, 0.2) is 0 Å². The van der Waals surface area contributed by atoms with E-state index in [-0.39, 0.29) is 0 Å². The number of hydrogen-bond acceptors (Lipinski definition) is 2. The predicted molar refractivity (Wildman–Crippen MR) is 82.3 cm³/mol. The molecule has 0 radical (unpaired) electrons. The summed E-state index contributed by atoms with van der Waals surface area (Å²) in [4.78, 5) is 3.56. The molecule has 3 N–H and O–H groups in total. The summed E-state index contributed by atoms with van der Waals surface area (Å²) in [6.45, 7) is 3.00. The van der Waals surface area contributed by atoms with Crippen molar-refractivity contribution in [3.8, 4) is 0 Å². The summed E-state index contributed by atoms with van der Waals surface area (Å²) in [5, 5.41) is 1.35. The highest BCUT2D eigenvalue weighted by molar-refractivity contribution is 7.98. The maximum Gasteiger partial charge on any atom is 0.0458 e. The highest BCUT2D eigenvalue weighted by atomic mass is 32.2. The molecule has 0 aliphatic rings. The lowest BCUT2D eigenvalue weighted by molar-refractivity contribution is 0.542. The van der Waals surface area contributed by atoms with Crippen molar-refractivity contribution in [2.45, 2.75) is 19.8 Å². The molecular formula is C15H22N2S. The van der Waals surface area contributed by atoms with Crippen molar-refractivity contribution in [3.05, 3.63) is 35.5 Å². The molecule has 0 saturated heterocycles. The average Bonchev–Trinajstić information content (AvgIpc) is 2.68. The van der Waals surface area contributed by atoms with Gasteiger partial charge in [0.2, 0.25) is 0 Å². The van der Waals surface area contributed by atoms with Gasteiger partial charge in [0.05, 0.1) is 0 Å². The lowest BCUT2D eigenvalue weighted by Crippen LogP contribution is -2.14. The normalized spacial score (nSPS) is 13.1. The molecule has 2 aromatic rings. The summed E-state index contributed by atoms with van der Waals surface area (Å²) in [5.41, 5.74) is 9.73. The van der Waals surface area contributed by atoms with Crippen LogP contribution in [0.25, 0.3) is 10.9 Å². The molecule has 0 aliphatic carbocycles. The fraction of sp³-hybridized carbons (Fsp3) is 0.467. The number of nitrogens with one attached hydrogen (secondary N) is 1. The van der Waals surface area contributed by atoms with Crippen molar-refractivity contribution >= 4 is 22.7 Å². The Hall–Kier alpha value is -0.930. The topological polar surface area (TPSA) is 41.8 Å². The van der Waals surface area contributed by atoms with E-state index in [0.29, 0.717) is 5.92 Å². The Labute approximate surface area is 113 Å². The Morgan fingerprint density at radius 3 is 2.78 bits per heavy atom. The maximum atomic E-state index is 5.71. The minimum atomic E-state index is 0.678. The molecule has 0 amide bonds. The molecule has 3 heteroatoms. The molecule has 2 nitrogen and oxygen atoms in total. The van der Waals surface area contributed by atoms with Crippen LogP contribution >= 0.6 is 11.8 Å². The number of fused-ring (bicyclic) bond motifs is 1. The average molecular weight is 262 g/mol. The molecule has 0 saturated carbocycles. The van der Waals surface area contributed by atoms with Gasteiger partial charge in [0, 0.05) is 16.6 Å². The van der Waals surface area contributed by atoms with Crippen LogP contribution in [0.3, 0.4) is 0 Å². The van der Waals surface area contributed by atoms with E-state index in [2.05, 4.69) is 42.4 Å². The SMILES string of the molecule is CSCC(CCN)Cc1[nH]c2ccccc2c1C. The van der Waals surface area contributed by atoms with Gasteiger partial charge in [-0.3, -0.25) is 0 Å². The molecule has 98 valence electrons. The molecule has 0 spiro atoms. The Bertz CT molecular complexity index is 498. The molecule has 1 unspecified atom stereocenters. The second-order valence-electron chi connectivity index (χ2n) is 4.88. The number of aromatic amines is 1. The molecular weight excluding hydrogens is 240 g/mol. The van der Waals surface area contributed by atoms with Crippen LogP contribution in [0.2, 0.25) is 0 Å². The van der Waals surface area contributed by atoms with Crippen molar-refractivity contribution in [1.29, 1.82) is 0 Å². The van der Waals surface area contributed by atoms with Crippen LogP contribution in [0.4, 0.5) is 0 Å². The molecule has 0 bridgehead atoms. The maximum absolute atomic E-state index is 5.71. The molecule has 0 fully saturated rings. The van der Waals surface area contributed by atoms with Crippen LogP contribution in [0.15, 0.2) is 24.3 Å². The molecule has 18 heavy (non-hydrogen) atoms. The first-order valence-corrected chi connectivity index (χ1v) is 7.90. The zero-order valence-electron chi connectivity index (χ0n) is 11.2. The van der Waals surface area contributed by atoms with E-state index in [1.54, 1.807) is 0 Å². The van der Waals surface area contributed by atoms with E-state index in [4.69, 9.17) is 5.73 Å². The van der Waals surface area contributed by atoms with Gasteiger partial charge in [0.25, 0.3) is 0 Å². The molecule has 1 heterocycles. The Balaban J connectivity index is 2.22. The van der Waals surface area contributed by atoms with Crippen molar-refractivity contribution < 1.29 is 0 Å². The zero-order chi connectivity index (χ0) is 13.0. The Morgan fingerprint density at radius 1 is 1.33 bits per heavy atom. The van der Waals surface area contributed by atoms with Gasteiger partial charge in [-0.1, -0.05) is 18.2 Å². The summed E-state index contributed by atoms with van der Waals surface area (Å²) in [6.07, 6.45) is 4.38. The van der Waals surface area contributed by atoms with Crippen molar-refractivity contribution in [1.82, 2.24) is 4.98 Å². The van der Waals surface area contributed by atoms with Crippen LogP contribution in [-0.4, -0.2) is 23.5 Å². The summed E-state index contributed by atoms with van der Waals surface area (Å²) in [6, 6.07) is 8.53. The number of aromatic nitrogens is 1. The number of thioether (sulfide) groups is 1. The number of hydrogen-bond donors (Lipinski definition) is 2. The van der Waals surface area contributed by atoms with Crippen LogP contribution in [-0.2, 0) is 6.42 Å². The monoisotopic (exact) mass is 262 g/mol. The van der Waals surface area contributed by atoms with Crippen molar-refractivity contribution in [2.24, 2.45) is 11.7 Å². The Morgan fingerprint density at radius 2 is 2.11 bits per heavy atom. The standard InChI is InChI=1S/C15H22N2S/c1-11-13-5-3-4-6-14(13)17-15(11)9-12(7-8-16)10-18-2/h3-6,12,17H,7-10,16H2,1-2H3. The molecule has 1 aromatic heterocycles. The lowest BCUT2D eigenvalue weighted by Gasteiger charge is -2.14. The van der Waals surface area contributed by atoms with Crippen molar-refractivity contribution in [3.63, 3.8) is 0 Å². The van der Waals surface area contributed by atoms with Crippen LogP contribution in [0.5, 0.6) is 0 Å². The number of nitrogens with two attached hydrogens (primary N) is 1. The van der Waals surface area contributed by atoms with Crippen LogP contribution in [0, 0.1) is 12.8 Å². The van der Waals surface area contributed by atoms with E-state index >= 15 is 0 Å². The van der Waals surface area contributed by atoms with Gasteiger partial charge < -0.3 is 10.7 Å². The number of aryl methyl sites for hydroxylation is 1. The van der Waals surface area contributed by atoms with E-state index in [1.165, 1.54) is 27.9 Å². The first-order valence-electron chi connectivity index (χ1n) is 6.51. The molecule has 0 aliphatic heterocycles. The highest BCUT2D eigenvalue weighted by Crippen LogP contribution is 2.25. The van der Waals surface area contributed by atoms with Gasteiger partial charge in [0.1, 0.15) is 0 Å². The number of para-hydroxylation sites is 1. The summed E-state index contributed by atoms with van der Waals surface area (Å²) < 4.78 is 0. The fourth-order valence-corrected chi connectivity index (χ4v) is 3.30. The van der Waals surface area contributed by atoms with Crippen LogP contribution < -0.4 is 5.73 Å². The zero-order valence-corrected chi connectivity index (χ0v) is 12.0.